The summed E-state index contributed by atoms with van der Waals surface area (Å²) in [7, 11) is 0. The normalized spacial score (nSPS) is 17.7. The topological polar surface area (TPSA) is 41.6 Å². The monoisotopic (exact) mass is 358 g/mol. The zero-order valence-corrected chi connectivity index (χ0v) is 15.2. The van der Waals surface area contributed by atoms with Gasteiger partial charge in [-0.15, -0.1) is 0 Å². The first kappa shape index (κ1) is 18.4. The van der Waals surface area contributed by atoms with Crippen LogP contribution in [-0.2, 0) is 4.79 Å². The molecule has 1 N–H and O–H groups in total. The smallest absolute Gasteiger partial charge is 0.260 e. The Morgan fingerprint density at radius 3 is 2.65 bits per heavy atom. The van der Waals surface area contributed by atoms with E-state index in [0.717, 1.165) is 32.5 Å². The Hall–Kier alpha value is -0.970. The van der Waals surface area contributed by atoms with Gasteiger partial charge in [0, 0.05) is 25.2 Å². The van der Waals surface area contributed by atoms with Crippen molar-refractivity contribution in [3.63, 3.8) is 0 Å². The molecule has 0 radical (unpaired) electrons. The van der Waals surface area contributed by atoms with Crippen LogP contribution in [0.4, 0.5) is 0 Å². The number of carbonyl (C=O) groups is 1. The lowest BCUT2D eigenvalue weighted by Gasteiger charge is -2.32. The van der Waals surface area contributed by atoms with Crippen LogP contribution in [0.3, 0.4) is 0 Å². The second-order valence-electron chi connectivity index (χ2n) is 5.96. The van der Waals surface area contributed by atoms with E-state index < -0.39 is 6.10 Å². The predicted octanol–water partition coefficient (Wildman–Crippen LogP) is 3.75. The molecular weight excluding hydrogens is 335 g/mol. The standard InChI is InChI=1S/C17H24Cl2N2O2/c1-3-8-21-9-6-13(7-10-21)20-17(22)12(2)23-14-4-5-15(18)16(19)11-14/h4-5,11-13H,3,6-10H2,1-2H3,(H,20,22)/t12-/m0/s1. The predicted molar refractivity (Wildman–Crippen MR) is 94.4 cm³/mol. The van der Waals surface area contributed by atoms with E-state index in [1.807, 2.05) is 0 Å². The third kappa shape index (κ3) is 5.55. The number of nitrogens with one attached hydrogen (secondary N) is 1. The fraction of sp³-hybridized carbons (Fsp3) is 0.588. The lowest BCUT2D eigenvalue weighted by molar-refractivity contribution is -0.128. The molecule has 1 aromatic rings. The van der Waals surface area contributed by atoms with Crippen LogP contribution in [0.5, 0.6) is 5.75 Å². The highest BCUT2D eigenvalue weighted by molar-refractivity contribution is 6.42. The Morgan fingerprint density at radius 2 is 2.04 bits per heavy atom. The molecule has 128 valence electrons. The summed E-state index contributed by atoms with van der Waals surface area (Å²) in [6.07, 6.45) is 2.59. The highest BCUT2D eigenvalue weighted by atomic mass is 35.5. The Balaban J connectivity index is 1.80. The van der Waals surface area contributed by atoms with Gasteiger partial charge in [0.25, 0.3) is 5.91 Å². The van der Waals surface area contributed by atoms with Gasteiger partial charge in [-0.2, -0.15) is 0 Å². The Labute approximate surface area is 148 Å². The van der Waals surface area contributed by atoms with Gasteiger partial charge in [0.2, 0.25) is 0 Å². The molecule has 0 spiro atoms. The summed E-state index contributed by atoms with van der Waals surface area (Å²) >= 11 is 11.8. The van der Waals surface area contributed by atoms with Gasteiger partial charge in [-0.3, -0.25) is 4.79 Å². The Kier molecular flexibility index (Phi) is 7.00. The second kappa shape index (κ2) is 8.76. The fourth-order valence-electron chi connectivity index (χ4n) is 2.74. The molecule has 23 heavy (non-hydrogen) atoms. The van der Waals surface area contributed by atoms with E-state index in [1.165, 1.54) is 6.42 Å². The quantitative estimate of drug-likeness (QED) is 0.841. The first-order valence-corrected chi connectivity index (χ1v) is 8.89. The molecule has 1 aromatic carbocycles. The zero-order chi connectivity index (χ0) is 16.8. The summed E-state index contributed by atoms with van der Waals surface area (Å²) in [6.45, 7) is 7.15. The minimum Gasteiger partial charge on any atom is -0.481 e. The summed E-state index contributed by atoms with van der Waals surface area (Å²) < 4.78 is 5.65. The lowest BCUT2D eigenvalue weighted by atomic mass is 10.0. The van der Waals surface area contributed by atoms with Crippen LogP contribution in [-0.4, -0.2) is 42.6 Å². The molecule has 0 saturated carbocycles. The van der Waals surface area contributed by atoms with Gasteiger partial charge < -0.3 is 15.0 Å². The summed E-state index contributed by atoms with van der Waals surface area (Å²) in [5.41, 5.74) is 0. The van der Waals surface area contributed by atoms with E-state index in [4.69, 9.17) is 27.9 Å². The van der Waals surface area contributed by atoms with Crippen molar-refractivity contribution in [1.29, 1.82) is 0 Å². The molecule has 1 aliphatic rings. The van der Waals surface area contributed by atoms with Crippen molar-refractivity contribution in [2.75, 3.05) is 19.6 Å². The van der Waals surface area contributed by atoms with Crippen molar-refractivity contribution in [2.24, 2.45) is 0 Å². The molecule has 0 bridgehead atoms. The summed E-state index contributed by atoms with van der Waals surface area (Å²) in [4.78, 5) is 14.7. The number of carbonyl (C=O) groups excluding carboxylic acids is 1. The maximum atomic E-state index is 12.3. The van der Waals surface area contributed by atoms with Crippen molar-refractivity contribution in [2.45, 2.75) is 45.3 Å². The molecule has 1 aliphatic heterocycles. The molecule has 1 atom stereocenters. The van der Waals surface area contributed by atoms with Crippen LogP contribution in [0.1, 0.15) is 33.1 Å². The van der Waals surface area contributed by atoms with Crippen LogP contribution in [0.2, 0.25) is 10.0 Å². The molecule has 0 aliphatic carbocycles. The van der Waals surface area contributed by atoms with E-state index in [-0.39, 0.29) is 11.9 Å². The van der Waals surface area contributed by atoms with Gasteiger partial charge in [-0.1, -0.05) is 30.1 Å². The zero-order valence-electron chi connectivity index (χ0n) is 13.6. The molecule has 1 fully saturated rings. The van der Waals surface area contributed by atoms with Crippen LogP contribution >= 0.6 is 23.2 Å². The number of rotatable bonds is 6. The number of piperidine rings is 1. The Bertz CT molecular complexity index is 531. The van der Waals surface area contributed by atoms with Gasteiger partial charge in [0.05, 0.1) is 10.0 Å². The first-order valence-electron chi connectivity index (χ1n) is 8.14. The van der Waals surface area contributed by atoms with Gasteiger partial charge >= 0.3 is 0 Å². The maximum Gasteiger partial charge on any atom is 0.260 e. The highest BCUT2D eigenvalue weighted by Crippen LogP contribution is 2.26. The van der Waals surface area contributed by atoms with E-state index in [1.54, 1.807) is 25.1 Å². The fourth-order valence-corrected chi connectivity index (χ4v) is 3.03. The van der Waals surface area contributed by atoms with E-state index >= 15 is 0 Å². The number of amides is 1. The minimum atomic E-state index is -0.569. The summed E-state index contributed by atoms with van der Waals surface area (Å²) in [6, 6.07) is 5.22. The number of halogens is 2. The number of hydrogen-bond acceptors (Lipinski definition) is 3. The Morgan fingerprint density at radius 1 is 1.35 bits per heavy atom. The van der Waals surface area contributed by atoms with E-state index in [9.17, 15) is 4.79 Å². The number of benzene rings is 1. The molecular formula is C17H24Cl2N2O2. The van der Waals surface area contributed by atoms with Crippen molar-refractivity contribution in [3.8, 4) is 5.75 Å². The van der Waals surface area contributed by atoms with E-state index in [0.29, 0.717) is 15.8 Å². The van der Waals surface area contributed by atoms with E-state index in [2.05, 4.69) is 17.1 Å². The summed E-state index contributed by atoms with van der Waals surface area (Å²) in [5, 5.41) is 3.96. The lowest BCUT2D eigenvalue weighted by Crippen LogP contribution is -2.48. The number of nitrogens with zero attached hydrogens (tertiary/aromatic N) is 1. The van der Waals surface area contributed by atoms with Gasteiger partial charge in [0.1, 0.15) is 5.75 Å². The second-order valence-corrected chi connectivity index (χ2v) is 6.77. The van der Waals surface area contributed by atoms with Crippen molar-refractivity contribution >= 4 is 29.1 Å². The SMILES string of the molecule is CCCN1CCC(NC(=O)[C@H](C)Oc2ccc(Cl)c(Cl)c2)CC1. The highest BCUT2D eigenvalue weighted by Gasteiger charge is 2.23. The van der Waals surface area contributed by atoms with Crippen LogP contribution < -0.4 is 10.1 Å². The molecule has 1 heterocycles. The molecule has 4 nitrogen and oxygen atoms in total. The van der Waals surface area contributed by atoms with Crippen LogP contribution in [0.25, 0.3) is 0 Å². The summed E-state index contributed by atoms with van der Waals surface area (Å²) in [5.74, 6) is 0.449. The van der Waals surface area contributed by atoms with Gasteiger partial charge in [-0.05, 0) is 44.9 Å². The molecule has 0 aromatic heterocycles. The average molecular weight is 359 g/mol. The van der Waals surface area contributed by atoms with Gasteiger partial charge in [-0.25, -0.2) is 0 Å². The average Bonchev–Trinajstić information content (AvgIpc) is 2.53. The van der Waals surface area contributed by atoms with Crippen LogP contribution in [0, 0.1) is 0 Å². The molecule has 2 rings (SSSR count). The van der Waals surface area contributed by atoms with Gasteiger partial charge in [0.15, 0.2) is 6.10 Å². The van der Waals surface area contributed by atoms with Crippen molar-refractivity contribution in [3.05, 3.63) is 28.2 Å². The molecule has 1 saturated heterocycles. The third-order valence-electron chi connectivity index (χ3n) is 4.05. The minimum absolute atomic E-state index is 0.0926. The number of likely N-dealkylation sites (tertiary alicyclic amines) is 1. The molecule has 1 amide bonds. The van der Waals surface area contributed by atoms with Crippen LogP contribution in [0.15, 0.2) is 18.2 Å². The molecule has 0 unspecified atom stereocenters. The molecule has 6 heteroatoms. The largest absolute Gasteiger partial charge is 0.481 e. The number of ether oxygens (including phenoxy) is 1. The number of hydrogen-bond donors (Lipinski definition) is 1. The van der Waals surface area contributed by atoms with Crippen molar-refractivity contribution < 1.29 is 9.53 Å². The first-order chi connectivity index (χ1) is 11.0. The maximum absolute atomic E-state index is 12.3. The van der Waals surface area contributed by atoms with Crippen molar-refractivity contribution in [1.82, 2.24) is 10.2 Å². The third-order valence-corrected chi connectivity index (χ3v) is 4.79.